The average molecular weight is 325 g/mol. The second-order valence-corrected chi connectivity index (χ2v) is 6.49. The Kier molecular flexibility index (Phi) is 4.74. The molecule has 0 spiro atoms. The van der Waals surface area contributed by atoms with Crippen LogP contribution in [-0.4, -0.2) is 44.9 Å². The lowest BCUT2D eigenvalue weighted by molar-refractivity contribution is 0.0762. The Balaban J connectivity index is 1.79. The number of aryl methyl sites for hydroxylation is 1. The summed E-state index contributed by atoms with van der Waals surface area (Å²) in [5.74, 6) is 0.923. The van der Waals surface area contributed by atoms with Crippen molar-refractivity contribution < 1.29 is 4.79 Å². The number of anilines is 1. The zero-order valence-electron chi connectivity index (χ0n) is 14.4. The van der Waals surface area contributed by atoms with Crippen molar-refractivity contribution >= 4 is 11.7 Å². The van der Waals surface area contributed by atoms with Crippen molar-refractivity contribution in [2.24, 2.45) is 0 Å². The van der Waals surface area contributed by atoms with Gasteiger partial charge in [0.1, 0.15) is 12.1 Å². The van der Waals surface area contributed by atoms with Gasteiger partial charge in [0.05, 0.1) is 11.3 Å². The minimum absolute atomic E-state index is 0.0327. The molecule has 2 aromatic heterocycles. The number of nitrogens with zero attached hydrogens (tertiary/aromatic N) is 4. The SMILES string of the molecule is Cc1cncc(C(=O)N2CCc3ncnc(NC(C)C)c3CC2)c1. The quantitative estimate of drug-likeness (QED) is 0.937. The van der Waals surface area contributed by atoms with E-state index in [1.54, 1.807) is 18.7 Å². The molecular formula is C18H23N5O. The van der Waals surface area contributed by atoms with Crippen molar-refractivity contribution in [1.29, 1.82) is 0 Å². The number of carbonyl (C=O) groups is 1. The minimum Gasteiger partial charge on any atom is -0.368 e. The van der Waals surface area contributed by atoms with Crippen molar-refractivity contribution in [1.82, 2.24) is 19.9 Å². The zero-order chi connectivity index (χ0) is 17.1. The summed E-state index contributed by atoms with van der Waals surface area (Å²) in [6, 6.07) is 2.20. The molecule has 6 nitrogen and oxygen atoms in total. The van der Waals surface area contributed by atoms with Crippen LogP contribution in [0.2, 0.25) is 0 Å². The molecule has 6 heteroatoms. The van der Waals surface area contributed by atoms with Crippen LogP contribution < -0.4 is 5.32 Å². The van der Waals surface area contributed by atoms with Crippen LogP contribution in [0, 0.1) is 6.92 Å². The molecule has 1 N–H and O–H groups in total. The molecule has 0 saturated carbocycles. The number of hydrogen-bond donors (Lipinski definition) is 1. The molecule has 0 fully saturated rings. The zero-order valence-corrected chi connectivity index (χ0v) is 14.4. The highest BCUT2D eigenvalue weighted by atomic mass is 16.2. The number of amides is 1. The maximum Gasteiger partial charge on any atom is 0.255 e. The highest BCUT2D eigenvalue weighted by Crippen LogP contribution is 2.21. The molecule has 3 heterocycles. The summed E-state index contributed by atoms with van der Waals surface area (Å²) in [5, 5.41) is 3.38. The maximum atomic E-state index is 12.8. The van der Waals surface area contributed by atoms with Gasteiger partial charge in [-0.15, -0.1) is 0 Å². The van der Waals surface area contributed by atoms with E-state index < -0.39 is 0 Å². The molecular weight excluding hydrogens is 302 g/mol. The summed E-state index contributed by atoms with van der Waals surface area (Å²) in [7, 11) is 0. The van der Waals surface area contributed by atoms with Crippen LogP contribution in [0.25, 0.3) is 0 Å². The van der Waals surface area contributed by atoms with Crippen molar-refractivity contribution in [3.63, 3.8) is 0 Å². The lowest BCUT2D eigenvalue weighted by Gasteiger charge is -2.20. The van der Waals surface area contributed by atoms with Crippen molar-refractivity contribution in [2.45, 2.75) is 39.7 Å². The minimum atomic E-state index is 0.0327. The van der Waals surface area contributed by atoms with Crippen LogP contribution in [0.5, 0.6) is 0 Å². The van der Waals surface area contributed by atoms with Gasteiger partial charge in [-0.1, -0.05) is 0 Å². The Bertz CT molecular complexity index is 744. The van der Waals surface area contributed by atoms with Gasteiger partial charge in [-0.25, -0.2) is 9.97 Å². The van der Waals surface area contributed by atoms with E-state index in [0.29, 0.717) is 24.7 Å². The smallest absolute Gasteiger partial charge is 0.255 e. The fourth-order valence-corrected chi connectivity index (χ4v) is 2.98. The van der Waals surface area contributed by atoms with Crippen LogP contribution in [0.3, 0.4) is 0 Å². The molecule has 1 aliphatic heterocycles. The molecule has 0 bridgehead atoms. The highest BCUT2D eigenvalue weighted by Gasteiger charge is 2.23. The number of fused-ring (bicyclic) bond motifs is 1. The van der Waals surface area contributed by atoms with E-state index in [4.69, 9.17) is 0 Å². The van der Waals surface area contributed by atoms with Crippen LogP contribution in [0.15, 0.2) is 24.8 Å². The average Bonchev–Trinajstić information content (AvgIpc) is 2.77. The molecule has 1 amide bonds. The summed E-state index contributed by atoms with van der Waals surface area (Å²) in [6.45, 7) is 7.46. The number of pyridine rings is 1. The van der Waals surface area contributed by atoms with Crippen LogP contribution >= 0.6 is 0 Å². The Labute approximate surface area is 142 Å². The fraction of sp³-hybridized carbons (Fsp3) is 0.444. The first-order valence-electron chi connectivity index (χ1n) is 8.35. The first-order chi connectivity index (χ1) is 11.5. The lowest BCUT2D eigenvalue weighted by atomic mass is 10.1. The molecule has 2 aromatic rings. The van der Waals surface area contributed by atoms with Gasteiger partial charge in [0.15, 0.2) is 0 Å². The highest BCUT2D eigenvalue weighted by molar-refractivity contribution is 5.94. The summed E-state index contributed by atoms with van der Waals surface area (Å²) < 4.78 is 0. The van der Waals surface area contributed by atoms with Crippen LogP contribution in [-0.2, 0) is 12.8 Å². The molecule has 0 aliphatic carbocycles. The molecule has 0 radical (unpaired) electrons. The molecule has 24 heavy (non-hydrogen) atoms. The molecule has 0 unspecified atom stereocenters. The summed E-state index contributed by atoms with van der Waals surface area (Å²) in [6.07, 6.45) is 6.50. The topological polar surface area (TPSA) is 71.0 Å². The third-order valence-electron chi connectivity index (χ3n) is 4.12. The van der Waals surface area contributed by atoms with Gasteiger partial charge < -0.3 is 10.2 Å². The fourth-order valence-electron chi connectivity index (χ4n) is 2.98. The van der Waals surface area contributed by atoms with Crippen molar-refractivity contribution in [3.05, 3.63) is 47.2 Å². The molecule has 0 aromatic carbocycles. The monoisotopic (exact) mass is 325 g/mol. The van der Waals surface area contributed by atoms with E-state index in [1.807, 2.05) is 17.9 Å². The van der Waals surface area contributed by atoms with Crippen molar-refractivity contribution in [2.75, 3.05) is 18.4 Å². The van der Waals surface area contributed by atoms with E-state index in [9.17, 15) is 4.79 Å². The third-order valence-corrected chi connectivity index (χ3v) is 4.12. The van der Waals surface area contributed by atoms with E-state index in [-0.39, 0.29) is 5.91 Å². The molecule has 0 atom stereocenters. The Morgan fingerprint density at radius 2 is 2.00 bits per heavy atom. The van der Waals surface area contributed by atoms with Gasteiger partial charge in [-0.2, -0.15) is 0 Å². The predicted molar refractivity (Wildman–Crippen MR) is 93.1 cm³/mol. The Hall–Kier alpha value is -2.50. The number of hydrogen-bond acceptors (Lipinski definition) is 5. The number of aromatic nitrogens is 3. The normalized spacial score (nSPS) is 14.2. The summed E-state index contributed by atoms with van der Waals surface area (Å²) in [4.78, 5) is 27.6. The number of carbonyl (C=O) groups excluding carboxylic acids is 1. The Morgan fingerprint density at radius 3 is 2.75 bits per heavy atom. The largest absolute Gasteiger partial charge is 0.368 e. The van der Waals surface area contributed by atoms with Crippen molar-refractivity contribution in [3.8, 4) is 0 Å². The van der Waals surface area contributed by atoms with Gasteiger partial charge in [0, 0.05) is 43.5 Å². The standard InChI is InChI=1S/C18H23N5O/c1-12(2)22-17-15-4-6-23(7-5-16(15)20-11-21-17)18(24)14-8-13(3)9-19-10-14/h8-12H,4-7H2,1-3H3,(H,20,21,22). The van der Waals surface area contributed by atoms with Gasteiger partial charge in [0.25, 0.3) is 5.91 Å². The first kappa shape index (κ1) is 16.4. The van der Waals surface area contributed by atoms with E-state index in [0.717, 1.165) is 35.5 Å². The second kappa shape index (κ2) is 6.95. The van der Waals surface area contributed by atoms with E-state index in [2.05, 4.69) is 34.1 Å². The van der Waals surface area contributed by atoms with E-state index >= 15 is 0 Å². The maximum absolute atomic E-state index is 12.8. The van der Waals surface area contributed by atoms with Gasteiger partial charge in [-0.3, -0.25) is 9.78 Å². The van der Waals surface area contributed by atoms with Gasteiger partial charge in [-0.05, 0) is 38.8 Å². The lowest BCUT2D eigenvalue weighted by Crippen LogP contribution is -2.33. The Morgan fingerprint density at radius 1 is 1.21 bits per heavy atom. The molecule has 126 valence electrons. The number of rotatable bonds is 3. The first-order valence-corrected chi connectivity index (χ1v) is 8.35. The molecule has 0 saturated heterocycles. The summed E-state index contributed by atoms with van der Waals surface area (Å²) in [5.41, 5.74) is 3.80. The van der Waals surface area contributed by atoms with E-state index in [1.165, 1.54) is 0 Å². The third kappa shape index (κ3) is 3.53. The van der Waals surface area contributed by atoms with Crippen LogP contribution in [0.4, 0.5) is 5.82 Å². The second-order valence-electron chi connectivity index (χ2n) is 6.49. The summed E-state index contributed by atoms with van der Waals surface area (Å²) >= 11 is 0. The predicted octanol–water partition coefficient (Wildman–Crippen LogP) is 2.24. The number of nitrogens with one attached hydrogen (secondary N) is 1. The van der Waals surface area contributed by atoms with Crippen LogP contribution in [0.1, 0.15) is 41.0 Å². The van der Waals surface area contributed by atoms with Gasteiger partial charge in [0.2, 0.25) is 0 Å². The van der Waals surface area contributed by atoms with Gasteiger partial charge >= 0.3 is 0 Å². The molecule has 1 aliphatic rings. The molecule has 3 rings (SSSR count).